The molecule has 0 aliphatic heterocycles. The van der Waals surface area contributed by atoms with Gasteiger partial charge in [0, 0.05) is 5.69 Å². The maximum atomic E-state index is 11.3. The summed E-state index contributed by atoms with van der Waals surface area (Å²) >= 11 is 0. The van der Waals surface area contributed by atoms with Crippen LogP contribution in [0.1, 0.15) is 17.3 Å². The Morgan fingerprint density at radius 3 is 2.50 bits per heavy atom. The fourth-order valence-corrected chi connectivity index (χ4v) is 1.66. The third kappa shape index (κ3) is 2.71. The molecule has 0 aromatic heterocycles. The van der Waals surface area contributed by atoms with E-state index in [0.29, 0.717) is 0 Å². The molecule has 4 N–H and O–H groups in total. The first kappa shape index (κ1) is 12.5. The Balaban J connectivity index is 3.15. The molecule has 0 fully saturated rings. The molecule has 0 radical (unpaired) electrons. The predicted molar refractivity (Wildman–Crippen MR) is 58.2 cm³/mol. The van der Waals surface area contributed by atoms with Crippen LogP contribution in [-0.2, 0) is 14.8 Å². The van der Waals surface area contributed by atoms with Crippen LogP contribution in [0.25, 0.3) is 0 Å². The van der Waals surface area contributed by atoms with Crippen LogP contribution in [0.15, 0.2) is 23.1 Å². The topological polar surface area (TPSA) is 112 Å². The van der Waals surface area contributed by atoms with Crippen molar-refractivity contribution in [2.24, 2.45) is 5.14 Å². The molecular weight excluding hydrogens is 232 g/mol. The second kappa shape index (κ2) is 4.50. The van der Waals surface area contributed by atoms with E-state index in [4.69, 9.17) is 15.6 Å². The van der Waals surface area contributed by atoms with E-state index in [2.05, 4.69) is 0 Å². The van der Waals surface area contributed by atoms with Gasteiger partial charge in [0.15, 0.2) is 0 Å². The fourth-order valence-electron chi connectivity index (χ4n) is 1.11. The van der Waals surface area contributed by atoms with Crippen molar-refractivity contribution < 1.29 is 17.9 Å². The van der Waals surface area contributed by atoms with Gasteiger partial charge in [-0.05, 0) is 25.1 Å². The molecule has 88 valence electrons. The van der Waals surface area contributed by atoms with Crippen LogP contribution in [0.2, 0.25) is 0 Å². The molecule has 7 heteroatoms. The van der Waals surface area contributed by atoms with E-state index in [1.807, 2.05) is 0 Å². The van der Waals surface area contributed by atoms with Crippen LogP contribution in [0, 0.1) is 0 Å². The first-order valence-corrected chi connectivity index (χ1v) is 6.00. The van der Waals surface area contributed by atoms with Crippen molar-refractivity contribution in [1.82, 2.24) is 0 Å². The molecule has 16 heavy (non-hydrogen) atoms. The molecule has 0 heterocycles. The minimum atomic E-state index is -3.81. The second-order valence-electron chi connectivity index (χ2n) is 3.01. The molecule has 6 nitrogen and oxygen atoms in total. The average Bonchev–Trinajstić information content (AvgIpc) is 2.16. The normalized spacial score (nSPS) is 11.1. The van der Waals surface area contributed by atoms with Gasteiger partial charge in [0.05, 0.1) is 17.1 Å². The molecule has 1 aromatic carbocycles. The van der Waals surface area contributed by atoms with Crippen molar-refractivity contribution in [3.05, 3.63) is 23.8 Å². The zero-order valence-corrected chi connectivity index (χ0v) is 9.45. The summed E-state index contributed by atoms with van der Waals surface area (Å²) in [7, 11) is -3.81. The van der Waals surface area contributed by atoms with E-state index in [1.165, 1.54) is 12.1 Å². The zero-order valence-electron chi connectivity index (χ0n) is 8.64. The van der Waals surface area contributed by atoms with E-state index in [1.54, 1.807) is 6.92 Å². The summed E-state index contributed by atoms with van der Waals surface area (Å²) in [6.45, 7) is 1.88. The number of sulfonamides is 1. The van der Waals surface area contributed by atoms with Crippen LogP contribution >= 0.6 is 0 Å². The molecular formula is C9H12N2O4S. The zero-order chi connectivity index (χ0) is 12.3. The first-order valence-electron chi connectivity index (χ1n) is 4.45. The number of nitrogens with two attached hydrogens (primary N) is 2. The van der Waals surface area contributed by atoms with Gasteiger partial charge in [-0.2, -0.15) is 0 Å². The number of hydrogen-bond donors (Lipinski definition) is 2. The van der Waals surface area contributed by atoms with Gasteiger partial charge < -0.3 is 10.5 Å². The largest absolute Gasteiger partial charge is 0.462 e. The lowest BCUT2D eigenvalue weighted by molar-refractivity contribution is 0.0527. The lowest BCUT2D eigenvalue weighted by atomic mass is 10.2. The van der Waals surface area contributed by atoms with Gasteiger partial charge >= 0.3 is 5.97 Å². The highest BCUT2D eigenvalue weighted by Gasteiger charge is 2.14. The summed E-state index contributed by atoms with van der Waals surface area (Å²) in [4.78, 5) is 11.2. The first-order chi connectivity index (χ1) is 7.36. The molecule has 0 saturated carbocycles. The second-order valence-corrected chi connectivity index (χ2v) is 4.58. The molecule has 0 aliphatic rings. The Hall–Kier alpha value is -1.60. The number of carbonyl (C=O) groups is 1. The Bertz CT molecular complexity index is 510. The molecule has 0 unspecified atom stereocenters. The summed E-state index contributed by atoms with van der Waals surface area (Å²) < 4.78 is 26.7. The quantitative estimate of drug-likeness (QED) is 0.578. The highest BCUT2D eigenvalue weighted by molar-refractivity contribution is 7.89. The van der Waals surface area contributed by atoms with Gasteiger partial charge in [0.1, 0.15) is 0 Å². The summed E-state index contributed by atoms with van der Waals surface area (Å²) in [6.07, 6.45) is 0. The smallest absolute Gasteiger partial charge is 0.340 e. The summed E-state index contributed by atoms with van der Waals surface area (Å²) in [5, 5.41) is 4.91. The van der Waals surface area contributed by atoms with E-state index in [-0.39, 0.29) is 22.8 Å². The van der Waals surface area contributed by atoms with Crippen molar-refractivity contribution in [3.63, 3.8) is 0 Å². The lowest BCUT2D eigenvalue weighted by Crippen LogP contribution is -2.14. The summed E-state index contributed by atoms with van der Waals surface area (Å²) in [5.74, 6) is -0.596. The fraction of sp³-hybridized carbons (Fsp3) is 0.222. The molecule has 0 amide bonds. The van der Waals surface area contributed by atoms with Crippen LogP contribution in [0.3, 0.4) is 0 Å². The molecule has 0 aliphatic carbocycles. The van der Waals surface area contributed by atoms with Crippen LogP contribution < -0.4 is 10.9 Å². The van der Waals surface area contributed by atoms with Crippen molar-refractivity contribution in [2.45, 2.75) is 11.8 Å². The highest BCUT2D eigenvalue weighted by atomic mass is 32.2. The number of carbonyl (C=O) groups excluding carboxylic acids is 1. The number of primary sulfonamides is 1. The van der Waals surface area contributed by atoms with Crippen LogP contribution in [-0.4, -0.2) is 21.0 Å². The predicted octanol–water partition coefficient (Wildman–Crippen LogP) is 0.0929. The Labute approximate surface area is 93.2 Å². The van der Waals surface area contributed by atoms with Crippen LogP contribution in [0.4, 0.5) is 5.69 Å². The number of nitrogen functional groups attached to an aromatic ring is 1. The maximum absolute atomic E-state index is 11.3. The maximum Gasteiger partial charge on any atom is 0.340 e. The van der Waals surface area contributed by atoms with Gasteiger partial charge in [-0.15, -0.1) is 0 Å². The SMILES string of the molecule is CCOC(=O)c1ccc(S(N)(=O)=O)cc1N. The molecule has 0 spiro atoms. The number of benzene rings is 1. The van der Waals surface area contributed by atoms with Gasteiger partial charge in [0.25, 0.3) is 0 Å². The Kier molecular flexibility index (Phi) is 3.51. The molecule has 1 rings (SSSR count). The van der Waals surface area contributed by atoms with Crippen molar-refractivity contribution >= 4 is 21.7 Å². The van der Waals surface area contributed by atoms with E-state index in [9.17, 15) is 13.2 Å². The summed E-state index contributed by atoms with van der Waals surface area (Å²) in [6, 6.07) is 3.60. The number of anilines is 1. The van der Waals surface area contributed by atoms with Crippen molar-refractivity contribution in [3.8, 4) is 0 Å². The Morgan fingerprint density at radius 2 is 2.06 bits per heavy atom. The van der Waals surface area contributed by atoms with Crippen molar-refractivity contribution in [1.29, 1.82) is 0 Å². The number of rotatable bonds is 3. The third-order valence-corrected chi connectivity index (χ3v) is 2.76. The molecule has 1 aromatic rings. The third-order valence-electron chi connectivity index (χ3n) is 1.85. The van der Waals surface area contributed by atoms with Crippen molar-refractivity contribution in [2.75, 3.05) is 12.3 Å². The average molecular weight is 244 g/mol. The number of hydrogen-bond acceptors (Lipinski definition) is 5. The number of esters is 1. The van der Waals surface area contributed by atoms with E-state index in [0.717, 1.165) is 6.07 Å². The minimum Gasteiger partial charge on any atom is -0.462 e. The molecule has 0 saturated heterocycles. The highest BCUT2D eigenvalue weighted by Crippen LogP contribution is 2.17. The standard InChI is InChI=1S/C9H12N2O4S/c1-2-15-9(12)7-4-3-6(5-8(7)10)16(11,13)14/h3-5H,2,10H2,1H3,(H2,11,13,14). The van der Waals surface area contributed by atoms with Gasteiger partial charge in [-0.3, -0.25) is 0 Å². The van der Waals surface area contributed by atoms with Gasteiger partial charge in [-0.1, -0.05) is 0 Å². The molecule has 0 atom stereocenters. The number of ether oxygens (including phenoxy) is 1. The molecule has 0 bridgehead atoms. The monoisotopic (exact) mass is 244 g/mol. The van der Waals surface area contributed by atoms with Gasteiger partial charge in [-0.25, -0.2) is 18.4 Å². The van der Waals surface area contributed by atoms with Gasteiger partial charge in [0.2, 0.25) is 10.0 Å². The Morgan fingerprint density at radius 1 is 1.44 bits per heavy atom. The van der Waals surface area contributed by atoms with Crippen LogP contribution in [0.5, 0.6) is 0 Å². The lowest BCUT2D eigenvalue weighted by Gasteiger charge is -2.06. The van der Waals surface area contributed by atoms with E-state index < -0.39 is 16.0 Å². The summed E-state index contributed by atoms with van der Waals surface area (Å²) in [5.41, 5.74) is 5.67. The minimum absolute atomic E-state index is 0.0185. The van der Waals surface area contributed by atoms with E-state index >= 15 is 0 Å².